The number of hydrogen-bond donors (Lipinski definition) is 0. The summed E-state index contributed by atoms with van der Waals surface area (Å²) in [6.07, 6.45) is 0.628. The smallest absolute Gasteiger partial charge is 0.356 e. The molecule has 0 atom stereocenters. The molecule has 3 rings (SSSR count). The number of fused-ring (bicyclic) bond motifs is 1. The average molecular weight is 281 g/mol. The van der Waals surface area contributed by atoms with E-state index in [9.17, 15) is 4.79 Å². The van der Waals surface area contributed by atoms with Gasteiger partial charge < -0.3 is 4.74 Å². The van der Waals surface area contributed by atoms with Gasteiger partial charge >= 0.3 is 5.97 Å². The topological polar surface area (TPSA) is 56.5 Å². The fourth-order valence-electron chi connectivity index (χ4n) is 2.17. The molecule has 0 unspecified atom stereocenters. The Balaban J connectivity index is 1.97. The van der Waals surface area contributed by atoms with E-state index in [0.717, 1.165) is 5.56 Å². The van der Waals surface area contributed by atoms with Crippen LogP contribution >= 0.6 is 0 Å². The lowest BCUT2D eigenvalue weighted by Crippen LogP contribution is -2.08. The number of methoxy groups -OCH3 is 1. The second-order valence-electron chi connectivity index (χ2n) is 4.86. The van der Waals surface area contributed by atoms with Crippen LogP contribution in [0.3, 0.4) is 0 Å². The lowest BCUT2D eigenvalue weighted by atomic mass is 10.1. The largest absolute Gasteiger partial charge is 0.464 e. The molecule has 5 nitrogen and oxygen atoms in total. The maximum Gasteiger partial charge on any atom is 0.356 e. The Morgan fingerprint density at radius 1 is 1.19 bits per heavy atom. The zero-order chi connectivity index (χ0) is 14.8. The van der Waals surface area contributed by atoms with Gasteiger partial charge in [0.25, 0.3) is 0 Å². The summed E-state index contributed by atoms with van der Waals surface area (Å²) in [6, 6.07) is 13.5. The normalized spacial score (nSPS) is 10.8. The summed E-state index contributed by atoms with van der Waals surface area (Å²) in [6.45, 7) is 2.05. The highest BCUT2D eigenvalue weighted by Crippen LogP contribution is 2.11. The van der Waals surface area contributed by atoms with Crippen LogP contribution in [0.2, 0.25) is 0 Å². The van der Waals surface area contributed by atoms with Gasteiger partial charge in [-0.1, -0.05) is 35.9 Å². The van der Waals surface area contributed by atoms with Crippen molar-refractivity contribution in [2.75, 3.05) is 7.11 Å². The molecule has 0 aliphatic carbocycles. The van der Waals surface area contributed by atoms with Crippen molar-refractivity contribution in [3.8, 4) is 0 Å². The van der Waals surface area contributed by atoms with Crippen LogP contribution in [0.5, 0.6) is 0 Å². The quantitative estimate of drug-likeness (QED) is 0.692. The number of hydrogen-bond acceptors (Lipinski definition) is 4. The predicted octanol–water partition coefficient (Wildman–Crippen LogP) is 2.42. The number of aryl methyl sites for hydroxylation is 1. The molecule has 0 fully saturated rings. The van der Waals surface area contributed by atoms with Crippen molar-refractivity contribution in [3.05, 3.63) is 65.1 Å². The van der Waals surface area contributed by atoms with Gasteiger partial charge in [0, 0.05) is 6.42 Å². The fourth-order valence-corrected chi connectivity index (χ4v) is 2.17. The van der Waals surface area contributed by atoms with Crippen molar-refractivity contribution in [3.63, 3.8) is 0 Å². The summed E-state index contributed by atoms with van der Waals surface area (Å²) in [5, 5.41) is 4.40. The number of esters is 1. The van der Waals surface area contributed by atoms with Crippen LogP contribution in [0.4, 0.5) is 0 Å². The van der Waals surface area contributed by atoms with Gasteiger partial charge in [-0.05, 0) is 24.6 Å². The molecule has 106 valence electrons. The van der Waals surface area contributed by atoms with E-state index < -0.39 is 5.97 Å². The monoisotopic (exact) mass is 281 g/mol. The summed E-state index contributed by atoms with van der Waals surface area (Å²) in [7, 11) is 1.35. The van der Waals surface area contributed by atoms with Gasteiger partial charge in [-0.25, -0.2) is 14.3 Å². The van der Waals surface area contributed by atoms with Crippen LogP contribution in [-0.4, -0.2) is 27.7 Å². The third-order valence-electron chi connectivity index (χ3n) is 3.28. The number of pyridine rings is 1. The number of carbonyl (C=O) groups excluding carboxylic acids is 1. The number of benzene rings is 1. The van der Waals surface area contributed by atoms with Gasteiger partial charge in [-0.2, -0.15) is 5.10 Å². The molecule has 0 aliphatic heterocycles. The first-order chi connectivity index (χ1) is 10.2. The Bertz CT molecular complexity index is 791. The minimum absolute atomic E-state index is 0.373. The summed E-state index contributed by atoms with van der Waals surface area (Å²) in [5.74, 6) is 0.252. The highest BCUT2D eigenvalue weighted by molar-refractivity contribution is 5.88. The number of rotatable bonds is 3. The zero-order valence-electron chi connectivity index (χ0n) is 11.9. The standard InChI is InChI=1S/C16H15N3O2/c1-11-6-8-12(9-7-11)10-14-17-15-5-3-4-13(16(20)21-2)19(15)18-14/h3-9H,10H2,1-2H3. The Kier molecular flexibility index (Phi) is 3.39. The maximum absolute atomic E-state index is 11.7. The van der Waals surface area contributed by atoms with E-state index in [0.29, 0.717) is 23.6 Å². The van der Waals surface area contributed by atoms with Gasteiger partial charge in [-0.3, -0.25) is 0 Å². The van der Waals surface area contributed by atoms with E-state index in [2.05, 4.69) is 41.3 Å². The van der Waals surface area contributed by atoms with Crippen molar-refractivity contribution < 1.29 is 9.53 Å². The third kappa shape index (κ3) is 2.63. The van der Waals surface area contributed by atoms with Gasteiger partial charge in [0.1, 0.15) is 0 Å². The van der Waals surface area contributed by atoms with Crippen LogP contribution in [0.1, 0.15) is 27.4 Å². The molecule has 0 saturated heterocycles. The Labute approximate surface area is 122 Å². The molecule has 5 heteroatoms. The molecule has 0 saturated carbocycles. The maximum atomic E-state index is 11.7. The number of aromatic nitrogens is 3. The van der Waals surface area contributed by atoms with E-state index in [1.807, 2.05) is 6.07 Å². The average Bonchev–Trinajstić information content (AvgIpc) is 2.91. The first-order valence-corrected chi connectivity index (χ1v) is 6.66. The Morgan fingerprint density at radius 2 is 1.95 bits per heavy atom. The van der Waals surface area contributed by atoms with E-state index >= 15 is 0 Å². The van der Waals surface area contributed by atoms with Crippen LogP contribution in [0, 0.1) is 6.92 Å². The number of nitrogens with zero attached hydrogens (tertiary/aromatic N) is 3. The molecule has 0 spiro atoms. The molecule has 3 aromatic rings. The summed E-state index contributed by atoms with van der Waals surface area (Å²) in [4.78, 5) is 16.2. The summed E-state index contributed by atoms with van der Waals surface area (Å²) < 4.78 is 6.28. The van der Waals surface area contributed by atoms with E-state index in [1.54, 1.807) is 12.1 Å². The van der Waals surface area contributed by atoms with Crippen molar-refractivity contribution in [1.82, 2.24) is 14.6 Å². The third-order valence-corrected chi connectivity index (χ3v) is 3.28. The number of ether oxygens (including phenoxy) is 1. The molecular formula is C16H15N3O2. The van der Waals surface area contributed by atoms with Crippen molar-refractivity contribution >= 4 is 11.6 Å². The SMILES string of the molecule is COC(=O)c1cccc2nc(Cc3ccc(C)cc3)nn12. The van der Waals surface area contributed by atoms with Gasteiger partial charge in [0.05, 0.1) is 7.11 Å². The minimum atomic E-state index is -0.424. The lowest BCUT2D eigenvalue weighted by Gasteiger charge is -2.00. The van der Waals surface area contributed by atoms with Gasteiger partial charge in [-0.15, -0.1) is 0 Å². The first-order valence-electron chi connectivity index (χ1n) is 6.66. The first kappa shape index (κ1) is 13.3. The van der Waals surface area contributed by atoms with Crippen LogP contribution in [0.25, 0.3) is 5.65 Å². The molecule has 0 amide bonds. The van der Waals surface area contributed by atoms with E-state index in [-0.39, 0.29) is 0 Å². The van der Waals surface area contributed by atoms with Crippen LogP contribution in [0.15, 0.2) is 42.5 Å². The Morgan fingerprint density at radius 3 is 2.67 bits per heavy atom. The summed E-state index contributed by atoms with van der Waals surface area (Å²) >= 11 is 0. The van der Waals surface area contributed by atoms with Crippen molar-refractivity contribution in [2.45, 2.75) is 13.3 Å². The molecule has 21 heavy (non-hydrogen) atoms. The molecule has 0 bridgehead atoms. The molecule has 0 radical (unpaired) electrons. The fraction of sp³-hybridized carbons (Fsp3) is 0.188. The van der Waals surface area contributed by atoms with Crippen molar-refractivity contribution in [1.29, 1.82) is 0 Å². The van der Waals surface area contributed by atoms with Crippen molar-refractivity contribution in [2.24, 2.45) is 0 Å². The number of carbonyl (C=O) groups is 1. The molecule has 2 heterocycles. The Hall–Kier alpha value is -2.69. The highest BCUT2D eigenvalue weighted by atomic mass is 16.5. The van der Waals surface area contributed by atoms with Gasteiger partial charge in [0.2, 0.25) is 0 Å². The minimum Gasteiger partial charge on any atom is -0.464 e. The highest BCUT2D eigenvalue weighted by Gasteiger charge is 2.13. The zero-order valence-corrected chi connectivity index (χ0v) is 11.9. The molecule has 2 aromatic heterocycles. The molecular weight excluding hydrogens is 266 g/mol. The van der Waals surface area contributed by atoms with E-state index in [4.69, 9.17) is 4.74 Å². The molecule has 1 aromatic carbocycles. The second kappa shape index (κ2) is 5.36. The molecule has 0 N–H and O–H groups in total. The lowest BCUT2D eigenvalue weighted by molar-refractivity contribution is 0.0591. The predicted molar refractivity (Wildman–Crippen MR) is 78.3 cm³/mol. The summed E-state index contributed by atoms with van der Waals surface area (Å²) in [5.41, 5.74) is 3.36. The van der Waals surface area contributed by atoms with E-state index in [1.165, 1.54) is 17.2 Å². The van der Waals surface area contributed by atoms with Gasteiger partial charge in [0.15, 0.2) is 17.2 Å². The van der Waals surface area contributed by atoms with Crippen LogP contribution in [-0.2, 0) is 11.2 Å². The van der Waals surface area contributed by atoms with Crippen LogP contribution < -0.4 is 0 Å². The second-order valence-corrected chi connectivity index (χ2v) is 4.86. The molecule has 0 aliphatic rings.